The molecule has 0 atom stereocenters. The van der Waals surface area contributed by atoms with Gasteiger partial charge in [0.2, 0.25) is 0 Å². The van der Waals surface area contributed by atoms with E-state index in [4.69, 9.17) is 5.26 Å². The summed E-state index contributed by atoms with van der Waals surface area (Å²) in [6.45, 7) is 0. The number of nitrogens with one attached hydrogen (secondary N) is 1. The molecule has 8 heteroatoms. The van der Waals surface area contributed by atoms with Crippen molar-refractivity contribution in [1.29, 1.82) is 5.26 Å². The lowest BCUT2D eigenvalue weighted by Gasteiger charge is -2.08. The molecular formula is C12H6BrFIN3OS. The molecule has 1 aromatic heterocycles. The summed E-state index contributed by atoms with van der Waals surface area (Å²) in [4.78, 5) is 18.6. The highest BCUT2D eigenvalue weighted by Gasteiger charge is 2.18. The summed E-state index contributed by atoms with van der Waals surface area (Å²) in [6.07, 6.45) is 1.75. The van der Waals surface area contributed by atoms with E-state index >= 15 is 0 Å². The SMILES string of the molecule is CSc1nc(-c2ccc(I)c(F)c2Br)c(C#N)c(=O)[nH]1. The third-order valence-electron chi connectivity index (χ3n) is 2.49. The first-order valence-corrected chi connectivity index (χ1v) is 8.31. The van der Waals surface area contributed by atoms with Crippen LogP contribution in [0.1, 0.15) is 5.56 Å². The summed E-state index contributed by atoms with van der Waals surface area (Å²) in [6, 6.07) is 5.01. The number of halogens is 3. The molecule has 0 spiro atoms. The van der Waals surface area contributed by atoms with Crippen LogP contribution >= 0.6 is 50.3 Å². The van der Waals surface area contributed by atoms with E-state index in [0.717, 1.165) is 0 Å². The molecule has 0 aliphatic heterocycles. The van der Waals surface area contributed by atoms with Crippen LogP contribution < -0.4 is 5.56 Å². The quantitative estimate of drug-likeness (QED) is 0.319. The predicted octanol–water partition coefficient (Wildman–Crippen LogP) is 3.54. The Labute approximate surface area is 140 Å². The number of rotatable bonds is 2. The van der Waals surface area contributed by atoms with Gasteiger partial charge in [0.15, 0.2) is 11.0 Å². The van der Waals surface area contributed by atoms with Crippen molar-refractivity contribution in [2.45, 2.75) is 5.16 Å². The molecule has 2 aromatic rings. The van der Waals surface area contributed by atoms with E-state index in [1.165, 1.54) is 11.8 Å². The van der Waals surface area contributed by atoms with Gasteiger partial charge in [-0.1, -0.05) is 17.8 Å². The van der Waals surface area contributed by atoms with Crippen molar-refractivity contribution in [2.75, 3.05) is 6.26 Å². The second-order valence-corrected chi connectivity index (χ2v) is 6.38. The van der Waals surface area contributed by atoms with Crippen molar-refractivity contribution in [3.8, 4) is 17.3 Å². The first-order chi connectivity index (χ1) is 9.49. The molecule has 0 saturated carbocycles. The summed E-state index contributed by atoms with van der Waals surface area (Å²) in [5, 5.41) is 9.48. The molecule has 0 amide bonds. The Kier molecular flexibility index (Phi) is 4.82. The van der Waals surface area contributed by atoms with Crippen molar-refractivity contribution < 1.29 is 4.39 Å². The number of H-pyrrole nitrogens is 1. The molecule has 4 nitrogen and oxygen atoms in total. The van der Waals surface area contributed by atoms with Crippen LogP contribution in [-0.4, -0.2) is 16.2 Å². The van der Waals surface area contributed by atoms with Crippen LogP contribution in [0.15, 0.2) is 26.6 Å². The number of thioether (sulfide) groups is 1. The molecule has 102 valence electrons. The molecular weight excluding hydrogens is 460 g/mol. The van der Waals surface area contributed by atoms with Crippen molar-refractivity contribution in [1.82, 2.24) is 9.97 Å². The van der Waals surface area contributed by atoms with Gasteiger partial charge in [0.1, 0.15) is 11.6 Å². The second kappa shape index (κ2) is 6.24. The van der Waals surface area contributed by atoms with E-state index in [9.17, 15) is 9.18 Å². The number of nitriles is 1. The summed E-state index contributed by atoms with van der Waals surface area (Å²) < 4.78 is 14.6. The number of hydrogen-bond donors (Lipinski definition) is 1. The summed E-state index contributed by atoms with van der Waals surface area (Å²) in [5.74, 6) is -0.445. The van der Waals surface area contributed by atoms with Crippen LogP contribution in [0.5, 0.6) is 0 Å². The normalized spacial score (nSPS) is 10.3. The Hall–Kier alpha value is -0.920. The van der Waals surface area contributed by atoms with E-state index in [-0.39, 0.29) is 15.7 Å². The van der Waals surface area contributed by atoms with Crippen LogP contribution in [0.25, 0.3) is 11.3 Å². The van der Waals surface area contributed by atoms with Crippen molar-refractivity contribution in [3.05, 3.63) is 41.9 Å². The van der Waals surface area contributed by atoms with Gasteiger partial charge in [0.25, 0.3) is 5.56 Å². The monoisotopic (exact) mass is 465 g/mol. The fourth-order valence-corrected chi connectivity index (χ4v) is 3.29. The molecule has 0 saturated heterocycles. The number of benzene rings is 1. The van der Waals surface area contributed by atoms with Crippen LogP contribution in [0.3, 0.4) is 0 Å². The molecule has 1 heterocycles. The van der Waals surface area contributed by atoms with Gasteiger partial charge in [-0.15, -0.1) is 0 Å². The van der Waals surface area contributed by atoms with Gasteiger partial charge in [-0.3, -0.25) is 4.79 Å². The summed E-state index contributed by atoms with van der Waals surface area (Å²) in [7, 11) is 0. The maximum atomic E-state index is 13.9. The minimum Gasteiger partial charge on any atom is -0.300 e. The third-order valence-corrected chi connectivity index (χ3v) is 4.68. The number of aromatic nitrogens is 2. The van der Waals surface area contributed by atoms with Crippen LogP contribution in [0, 0.1) is 20.7 Å². The van der Waals surface area contributed by atoms with Gasteiger partial charge >= 0.3 is 0 Å². The van der Waals surface area contributed by atoms with E-state index in [1.807, 2.05) is 28.7 Å². The molecule has 1 N–H and O–H groups in total. The fraction of sp³-hybridized carbons (Fsp3) is 0.0833. The van der Waals surface area contributed by atoms with Crippen LogP contribution in [0.2, 0.25) is 0 Å². The number of nitrogens with zero attached hydrogens (tertiary/aromatic N) is 2. The zero-order valence-corrected chi connectivity index (χ0v) is 14.6. The highest BCUT2D eigenvalue weighted by molar-refractivity contribution is 14.1. The maximum absolute atomic E-state index is 13.9. The minimum atomic E-state index is -0.535. The molecule has 1 aromatic carbocycles. The Morgan fingerprint density at radius 2 is 2.25 bits per heavy atom. The lowest BCUT2D eigenvalue weighted by atomic mass is 10.1. The topological polar surface area (TPSA) is 69.5 Å². The van der Waals surface area contributed by atoms with Gasteiger partial charge in [-0.05, 0) is 50.8 Å². The molecule has 0 radical (unpaired) electrons. The van der Waals surface area contributed by atoms with Crippen molar-refractivity contribution in [2.24, 2.45) is 0 Å². The Morgan fingerprint density at radius 1 is 1.55 bits per heavy atom. The molecule has 0 unspecified atom stereocenters. The van der Waals surface area contributed by atoms with Gasteiger partial charge < -0.3 is 4.98 Å². The zero-order valence-electron chi connectivity index (χ0n) is 10.00. The summed E-state index contributed by atoms with van der Waals surface area (Å²) in [5.41, 5.74) is -0.125. The van der Waals surface area contributed by atoms with Gasteiger partial charge in [-0.2, -0.15) is 5.26 Å². The largest absolute Gasteiger partial charge is 0.300 e. The molecule has 2 rings (SSSR count). The molecule has 0 fully saturated rings. The highest BCUT2D eigenvalue weighted by atomic mass is 127. The average molecular weight is 466 g/mol. The average Bonchev–Trinajstić information content (AvgIpc) is 2.44. The predicted molar refractivity (Wildman–Crippen MR) is 87.2 cm³/mol. The van der Waals surface area contributed by atoms with Crippen LogP contribution in [-0.2, 0) is 0 Å². The van der Waals surface area contributed by atoms with Gasteiger partial charge in [-0.25, -0.2) is 9.37 Å². The van der Waals surface area contributed by atoms with Crippen molar-refractivity contribution in [3.63, 3.8) is 0 Å². The van der Waals surface area contributed by atoms with Crippen molar-refractivity contribution >= 4 is 50.3 Å². The first kappa shape index (κ1) is 15.5. The van der Waals surface area contributed by atoms with E-state index in [2.05, 4.69) is 25.9 Å². The number of aromatic amines is 1. The third kappa shape index (κ3) is 2.75. The Morgan fingerprint density at radius 3 is 2.85 bits per heavy atom. The second-order valence-electron chi connectivity index (χ2n) is 3.63. The van der Waals surface area contributed by atoms with Crippen LogP contribution in [0.4, 0.5) is 4.39 Å². The van der Waals surface area contributed by atoms with Gasteiger partial charge in [0.05, 0.1) is 10.2 Å². The Balaban J connectivity index is 2.82. The van der Waals surface area contributed by atoms with E-state index < -0.39 is 11.4 Å². The first-order valence-electron chi connectivity index (χ1n) is 5.21. The maximum Gasteiger partial charge on any atom is 0.270 e. The highest BCUT2D eigenvalue weighted by Crippen LogP contribution is 2.33. The lowest BCUT2D eigenvalue weighted by Crippen LogP contribution is -2.14. The zero-order chi connectivity index (χ0) is 14.9. The standard InChI is InChI=1S/C12H6BrFIN3OS/c1-20-12-17-10(6(4-16)11(19)18-12)5-2-3-7(15)9(14)8(5)13/h2-3H,1H3,(H,17,18,19). The molecule has 0 bridgehead atoms. The minimum absolute atomic E-state index is 0.135. The molecule has 0 aliphatic carbocycles. The molecule has 0 aliphatic rings. The summed E-state index contributed by atoms with van der Waals surface area (Å²) >= 11 is 6.25. The Bertz CT molecular complexity index is 787. The lowest BCUT2D eigenvalue weighted by molar-refractivity contribution is 0.614. The fourth-order valence-electron chi connectivity index (χ4n) is 1.56. The smallest absolute Gasteiger partial charge is 0.270 e. The molecule has 20 heavy (non-hydrogen) atoms. The van der Waals surface area contributed by atoms with Gasteiger partial charge in [0, 0.05) is 9.13 Å². The number of hydrogen-bond acceptors (Lipinski definition) is 4. The van der Waals surface area contributed by atoms with E-state index in [0.29, 0.717) is 14.3 Å². The van der Waals surface area contributed by atoms with E-state index in [1.54, 1.807) is 18.4 Å².